The zero-order valence-electron chi connectivity index (χ0n) is 11.4. The zero-order chi connectivity index (χ0) is 14.3. The lowest BCUT2D eigenvalue weighted by Crippen LogP contribution is -2.37. The predicted octanol–water partition coefficient (Wildman–Crippen LogP) is -0.731. The number of aromatic nitrogens is 2. The third-order valence-electron chi connectivity index (χ3n) is 2.37. The molecule has 0 aliphatic rings. The van der Waals surface area contributed by atoms with Crippen molar-refractivity contribution in [1.82, 2.24) is 15.3 Å². The van der Waals surface area contributed by atoms with Gasteiger partial charge >= 0.3 is 0 Å². The van der Waals surface area contributed by atoms with E-state index in [9.17, 15) is 4.79 Å². The lowest BCUT2D eigenvalue weighted by molar-refractivity contribution is -0.119. The molecule has 0 unspecified atom stereocenters. The van der Waals surface area contributed by atoms with Crippen LogP contribution in [0.15, 0.2) is 6.07 Å². The highest BCUT2D eigenvalue weighted by Crippen LogP contribution is 2.12. The number of nitrogen functional groups attached to an aromatic ring is 1. The zero-order valence-corrected chi connectivity index (χ0v) is 11.4. The maximum atomic E-state index is 11.6. The Hall–Kier alpha value is -1.93. The number of hydrogen-bond acceptors (Lipinski definition) is 7. The molecule has 0 fully saturated rings. The summed E-state index contributed by atoms with van der Waals surface area (Å²) in [6.45, 7) is 3.01. The highest BCUT2D eigenvalue weighted by molar-refractivity contribution is 5.80. The summed E-state index contributed by atoms with van der Waals surface area (Å²) in [6.07, 6.45) is 0. The molecule has 106 valence electrons. The van der Waals surface area contributed by atoms with E-state index < -0.39 is 0 Å². The average molecular weight is 268 g/mol. The van der Waals surface area contributed by atoms with Crippen LogP contribution in [-0.2, 0) is 9.53 Å². The first-order chi connectivity index (χ1) is 9.06. The summed E-state index contributed by atoms with van der Waals surface area (Å²) in [7, 11) is 3.36. The Morgan fingerprint density at radius 2 is 2.26 bits per heavy atom. The van der Waals surface area contributed by atoms with Gasteiger partial charge in [0.15, 0.2) is 0 Å². The molecule has 0 aromatic carbocycles. The molecule has 1 heterocycles. The Balaban J connectivity index is 2.59. The number of hydrogen-bond donors (Lipinski definition) is 3. The molecule has 0 radical (unpaired) electrons. The molecule has 8 heteroatoms. The molecular formula is C11H20N6O2. The third-order valence-corrected chi connectivity index (χ3v) is 2.37. The number of rotatable bonds is 7. The standard InChI is InChI=1S/C11H20N6O2/c1-8-6-9(15-11(14-8)16-12)17(2)7-10(18)13-4-5-19-3/h6H,4-5,7,12H2,1-3H3,(H,13,18)(H,14,15,16). The maximum Gasteiger partial charge on any atom is 0.239 e. The number of nitrogens with two attached hydrogens (primary N) is 1. The number of amides is 1. The quantitative estimate of drug-likeness (QED) is 0.340. The van der Waals surface area contributed by atoms with E-state index in [1.807, 2.05) is 6.92 Å². The Bertz CT molecular complexity index is 426. The number of carbonyl (C=O) groups is 1. The highest BCUT2D eigenvalue weighted by Gasteiger charge is 2.10. The predicted molar refractivity (Wildman–Crippen MR) is 72.7 cm³/mol. The van der Waals surface area contributed by atoms with Crippen molar-refractivity contribution in [3.8, 4) is 0 Å². The lowest BCUT2D eigenvalue weighted by Gasteiger charge is -2.18. The molecule has 0 spiro atoms. The molecule has 1 aromatic rings. The molecule has 0 aliphatic heterocycles. The fourth-order valence-corrected chi connectivity index (χ4v) is 1.46. The third kappa shape index (κ3) is 5.06. The molecule has 4 N–H and O–H groups in total. The van der Waals surface area contributed by atoms with Gasteiger partial charge in [-0.25, -0.2) is 10.8 Å². The fourth-order valence-electron chi connectivity index (χ4n) is 1.46. The second-order valence-corrected chi connectivity index (χ2v) is 4.03. The minimum atomic E-state index is -0.0990. The van der Waals surface area contributed by atoms with Gasteiger partial charge in [0.25, 0.3) is 0 Å². The van der Waals surface area contributed by atoms with E-state index in [0.717, 1.165) is 5.69 Å². The van der Waals surface area contributed by atoms with Crippen molar-refractivity contribution in [2.75, 3.05) is 44.2 Å². The van der Waals surface area contributed by atoms with E-state index >= 15 is 0 Å². The summed E-state index contributed by atoms with van der Waals surface area (Å²) in [5, 5.41) is 2.74. The van der Waals surface area contributed by atoms with Crippen LogP contribution in [0, 0.1) is 6.92 Å². The Labute approximate surface area is 112 Å². The van der Waals surface area contributed by atoms with Crippen molar-refractivity contribution in [3.05, 3.63) is 11.8 Å². The summed E-state index contributed by atoms with van der Waals surface area (Å²) < 4.78 is 4.86. The van der Waals surface area contributed by atoms with Crippen LogP contribution in [0.2, 0.25) is 0 Å². The number of hydrazine groups is 1. The topological polar surface area (TPSA) is 105 Å². The van der Waals surface area contributed by atoms with Gasteiger partial charge in [0.05, 0.1) is 13.2 Å². The van der Waals surface area contributed by atoms with Crippen molar-refractivity contribution >= 4 is 17.7 Å². The number of nitrogens with zero attached hydrogens (tertiary/aromatic N) is 3. The largest absolute Gasteiger partial charge is 0.383 e. The van der Waals surface area contributed by atoms with Crippen LogP contribution >= 0.6 is 0 Å². The first-order valence-electron chi connectivity index (χ1n) is 5.86. The summed E-state index contributed by atoms with van der Waals surface area (Å²) >= 11 is 0. The van der Waals surface area contributed by atoms with Crippen LogP contribution in [-0.4, -0.2) is 49.7 Å². The van der Waals surface area contributed by atoms with Gasteiger partial charge < -0.3 is 15.0 Å². The van der Waals surface area contributed by atoms with Gasteiger partial charge in [-0.15, -0.1) is 0 Å². The van der Waals surface area contributed by atoms with Gasteiger partial charge in [0.1, 0.15) is 5.82 Å². The second kappa shape index (κ2) is 7.49. The number of anilines is 2. The van der Waals surface area contributed by atoms with Gasteiger partial charge in [-0.1, -0.05) is 0 Å². The Kier molecular flexibility index (Phi) is 5.97. The van der Waals surface area contributed by atoms with Crippen LogP contribution in [0.4, 0.5) is 11.8 Å². The summed E-state index contributed by atoms with van der Waals surface area (Å²) in [4.78, 5) is 21.6. The van der Waals surface area contributed by atoms with Crippen LogP contribution < -0.4 is 21.5 Å². The van der Waals surface area contributed by atoms with E-state index in [0.29, 0.717) is 24.9 Å². The number of aryl methyl sites for hydroxylation is 1. The van der Waals surface area contributed by atoms with Crippen LogP contribution in [0.3, 0.4) is 0 Å². The van der Waals surface area contributed by atoms with E-state index in [4.69, 9.17) is 10.6 Å². The van der Waals surface area contributed by atoms with Crippen LogP contribution in [0.25, 0.3) is 0 Å². The lowest BCUT2D eigenvalue weighted by atomic mass is 10.4. The van der Waals surface area contributed by atoms with Crippen molar-refractivity contribution < 1.29 is 9.53 Å². The Morgan fingerprint density at radius 1 is 1.53 bits per heavy atom. The van der Waals surface area contributed by atoms with Gasteiger partial charge in [-0.2, -0.15) is 4.98 Å². The van der Waals surface area contributed by atoms with E-state index in [1.54, 1.807) is 25.1 Å². The molecule has 0 aliphatic carbocycles. The van der Waals surface area contributed by atoms with Crippen molar-refractivity contribution in [2.45, 2.75) is 6.92 Å². The van der Waals surface area contributed by atoms with E-state index in [1.165, 1.54) is 0 Å². The van der Waals surface area contributed by atoms with E-state index in [-0.39, 0.29) is 12.5 Å². The number of nitrogens with one attached hydrogen (secondary N) is 2. The first kappa shape index (κ1) is 15.1. The molecular weight excluding hydrogens is 248 g/mol. The van der Waals surface area contributed by atoms with Crippen molar-refractivity contribution in [2.24, 2.45) is 5.84 Å². The molecule has 0 atom stereocenters. The SMILES string of the molecule is COCCNC(=O)CN(C)c1cc(C)nc(NN)n1. The summed E-state index contributed by atoms with van der Waals surface area (Å²) in [5.74, 6) is 6.13. The molecule has 0 bridgehead atoms. The van der Waals surface area contributed by atoms with Crippen LogP contribution in [0.1, 0.15) is 5.69 Å². The Morgan fingerprint density at radius 3 is 2.89 bits per heavy atom. The molecule has 1 aromatic heterocycles. The van der Waals surface area contributed by atoms with Gasteiger partial charge in [0.2, 0.25) is 11.9 Å². The summed E-state index contributed by atoms with van der Waals surface area (Å²) in [5.41, 5.74) is 3.16. The smallest absolute Gasteiger partial charge is 0.239 e. The van der Waals surface area contributed by atoms with Gasteiger partial charge in [-0.05, 0) is 6.92 Å². The number of likely N-dealkylation sites (N-methyl/N-ethyl adjacent to an activating group) is 1. The van der Waals surface area contributed by atoms with Crippen molar-refractivity contribution in [1.29, 1.82) is 0 Å². The number of ether oxygens (including phenoxy) is 1. The van der Waals surface area contributed by atoms with Gasteiger partial charge in [-0.3, -0.25) is 10.2 Å². The molecule has 0 saturated carbocycles. The summed E-state index contributed by atoms with van der Waals surface area (Å²) in [6, 6.07) is 1.78. The molecule has 1 amide bonds. The second-order valence-electron chi connectivity index (χ2n) is 4.03. The minimum absolute atomic E-state index is 0.0990. The molecule has 0 saturated heterocycles. The highest BCUT2D eigenvalue weighted by atomic mass is 16.5. The average Bonchev–Trinajstić information content (AvgIpc) is 2.38. The van der Waals surface area contributed by atoms with Crippen LogP contribution in [0.5, 0.6) is 0 Å². The monoisotopic (exact) mass is 268 g/mol. The number of methoxy groups -OCH3 is 1. The fraction of sp³-hybridized carbons (Fsp3) is 0.545. The minimum Gasteiger partial charge on any atom is -0.383 e. The molecule has 8 nitrogen and oxygen atoms in total. The normalized spacial score (nSPS) is 10.1. The van der Waals surface area contributed by atoms with E-state index in [2.05, 4.69) is 20.7 Å². The number of carbonyl (C=O) groups excluding carboxylic acids is 1. The molecule has 19 heavy (non-hydrogen) atoms. The maximum absolute atomic E-state index is 11.6. The van der Waals surface area contributed by atoms with Crippen molar-refractivity contribution in [3.63, 3.8) is 0 Å². The molecule has 1 rings (SSSR count). The first-order valence-corrected chi connectivity index (χ1v) is 5.86. The van der Waals surface area contributed by atoms with Gasteiger partial charge in [0, 0.05) is 32.5 Å².